The maximum absolute atomic E-state index is 6.19. The average molecular weight is 243 g/mol. The molecule has 0 aliphatic heterocycles. The lowest BCUT2D eigenvalue weighted by Gasteiger charge is -2.15. The first-order valence-electron chi connectivity index (χ1n) is 5.56. The molecule has 0 saturated carbocycles. The summed E-state index contributed by atoms with van der Waals surface area (Å²) in [5.74, 6) is 1.78. The van der Waals surface area contributed by atoms with Crippen molar-refractivity contribution < 1.29 is 0 Å². The Hall–Kier alpha value is -0.140. The van der Waals surface area contributed by atoms with Gasteiger partial charge in [0.15, 0.2) is 0 Å². The Morgan fingerprint density at radius 2 is 1.93 bits per heavy atom. The molecule has 2 unspecified atom stereocenters. The van der Waals surface area contributed by atoms with Crippen molar-refractivity contribution in [1.82, 2.24) is 0 Å². The zero-order chi connectivity index (χ0) is 11.1. The Labute approximate surface area is 102 Å². The van der Waals surface area contributed by atoms with Crippen LogP contribution in [0, 0.1) is 5.92 Å². The molecular formula is C13H19ClS. The van der Waals surface area contributed by atoms with E-state index in [0.717, 1.165) is 12.2 Å². The first kappa shape index (κ1) is 12.9. The van der Waals surface area contributed by atoms with E-state index < -0.39 is 0 Å². The van der Waals surface area contributed by atoms with Crippen molar-refractivity contribution in [3.8, 4) is 0 Å². The monoisotopic (exact) mass is 242 g/mol. The van der Waals surface area contributed by atoms with Crippen LogP contribution >= 0.6 is 23.4 Å². The van der Waals surface area contributed by atoms with Crippen LogP contribution in [0.2, 0.25) is 0 Å². The van der Waals surface area contributed by atoms with E-state index in [9.17, 15) is 0 Å². The Morgan fingerprint density at radius 1 is 1.27 bits per heavy atom. The quantitative estimate of drug-likeness (QED) is 0.509. The molecule has 1 aromatic carbocycles. The minimum atomic E-state index is 0.335. The third-order valence-electron chi connectivity index (χ3n) is 2.59. The number of rotatable bonds is 6. The molecule has 1 rings (SSSR count). The Balaban J connectivity index is 2.22. The van der Waals surface area contributed by atoms with Crippen LogP contribution in [0.4, 0.5) is 0 Å². The average Bonchev–Trinajstić information content (AvgIpc) is 2.29. The van der Waals surface area contributed by atoms with Crippen LogP contribution in [-0.4, -0.2) is 11.1 Å². The summed E-state index contributed by atoms with van der Waals surface area (Å²) in [6, 6.07) is 10.5. The first-order valence-corrected chi connectivity index (χ1v) is 6.98. The van der Waals surface area contributed by atoms with E-state index >= 15 is 0 Å². The van der Waals surface area contributed by atoms with Crippen LogP contribution in [0.25, 0.3) is 0 Å². The van der Waals surface area contributed by atoms with E-state index in [2.05, 4.69) is 44.2 Å². The van der Waals surface area contributed by atoms with Gasteiger partial charge in [-0.3, -0.25) is 0 Å². The predicted molar refractivity (Wildman–Crippen MR) is 70.9 cm³/mol. The number of halogens is 1. The summed E-state index contributed by atoms with van der Waals surface area (Å²) in [6.45, 7) is 4.39. The molecule has 0 heterocycles. The molecule has 1 aromatic rings. The molecule has 0 aliphatic rings. The highest BCUT2D eigenvalue weighted by Gasteiger charge is 2.11. The molecular weight excluding hydrogens is 224 g/mol. The van der Waals surface area contributed by atoms with Gasteiger partial charge in [-0.2, -0.15) is 0 Å². The van der Waals surface area contributed by atoms with E-state index in [1.807, 2.05) is 11.8 Å². The fourth-order valence-electron chi connectivity index (χ4n) is 1.46. The number of thioether (sulfide) groups is 1. The third-order valence-corrected chi connectivity index (χ3v) is 4.38. The smallest absolute Gasteiger partial charge is 0.0359 e. The number of benzene rings is 1. The van der Waals surface area contributed by atoms with Gasteiger partial charge < -0.3 is 0 Å². The number of hydrogen-bond donors (Lipinski definition) is 0. The summed E-state index contributed by atoms with van der Waals surface area (Å²) >= 11 is 8.11. The van der Waals surface area contributed by atoms with Crippen molar-refractivity contribution >= 4 is 23.4 Å². The minimum absolute atomic E-state index is 0.335. The van der Waals surface area contributed by atoms with Crippen LogP contribution in [0.3, 0.4) is 0 Å². The highest BCUT2D eigenvalue weighted by molar-refractivity contribution is 7.99. The standard InChI is InChI=1S/C13H19ClS/c1-3-13(14)11(2)9-10-15-12-7-5-4-6-8-12/h4-8,11,13H,3,9-10H2,1-2H3. The van der Waals surface area contributed by atoms with Gasteiger partial charge in [-0.15, -0.1) is 23.4 Å². The van der Waals surface area contributed by atoms with E-state index in [-0.39, 0.29) is 0 Å². The molecule has 0 radical (unpaired) electrons. The fourth-order valence-corrected chi connectivity index (χ4v) is 2.66. The van der Waals surface area contributed by atoms with Gasteiger partial charge >= 0.3 is 0 Å². The first-order chi connectivity index (χ1) is 7.24. The van der Waals surface area contributed by atoms with Crippen LogP contribution in [-0.2, 0) is 0 Å². The second kappa shape index (κ2) is 7.19. The summed E-state index contributed by atoms with van der Waals surface area (Å²) in [7, 11) is 0. The molecule has 0 saturated heterocycles. The van der Waals surface area contributed by atoms with Crippen molar-refractivity contribution in [2.45, 2.75) is 37.0 Å². The van der Waals surface area contributed by atoms with Gasteiger partial charge in [-0.1, -0.05) is 32.0 Å². The normalized spacial score (nSPS) is 14.9. The lowest BCUT2D eigenvalue weighted by molar-refractivity contribution is 0.521. The summed E-state index contributed by atoms with van der Waals surface area (Å²) in [6.07, 6.45) is 2.26. The SMILES string of the molecule is CCC(Cl)C(C)CCSc1ccccc1. The number of hydrogen-bond acceptors (Lipinski definition) is 1. The predicted octanol–water partition coefficient (Wildman–Crippen LogP) is 4.82. The van der Waals surface area contributed by atoms with Gasteiger partial charge in [-0.25, -0.2) is 0 Å². The summed E-state index contributed by atoms with van der Waals surface area (Å²) < 4.78 is 0. The van der Waals surface area contributed by atoms with Crippen molar-refractivity contribution in [1.29, 1.82) is 0 Å². The maximum Gasteiger partial charge on any atom is 0.0359 e. The van der Waals surface area contributed by atoms with Crippen molar-refractivity contribution in [2.24, 2.45) is 5.92 Å². The van der Waals surface area contributed by atoms with Gasteiger partial charge in [0.05, 0.1) is 0 Å². The molecule has 0 nitrogen and oxygen atoms in total. The van der Waals surface area contributed by atoms with Gasteiger partial charge in [-0.05, 0) is 36.6 Å². The van der Waals surface area contributed by atoms with Crippen molar-refractivity contribution in [3.63, 3.8) is 0 Å². The Kier molecular flexibility index (Phi) is 6.19. The second-order valence-electron chi connectivity index (χ2n) is 3.85. The van der Waals surface area contributed by atoms with Gasteiger partial charge in [0.25, 0.3) is 0 Å². The van der Waals surface area contributed by atoms with E-state index in [1.165, 1.54) is 11.3 Å². The lowest BCUT2D eigenvalue weighted by atomic mass is 10.0. The lowest BCUT2D eigenvalue weighted by Crippen LogP contribution is -2.10. The van der Waals surface area contributed by atoms with Crippen LogP contribution < -0.4 is 0 Å². The Bertz CT molecular complexity index is 260. The molecule has 84 valence electrons. The highest BCUT2D eigenvalue weighted by Crippen LogP contribution is 2.23. The topological polar surface area (TPSA) is 0 Å². The molecule has 0 aliphatic carbocycles. The largest absolute Gasteiger partial charge is 0.126 e. The molecule has 0 N–H and O–H groups in total. The second-order valence-corrected chi connectivity index (χ2v) is 5.58. The van der Waals surface area contributed by atoms with E-state index in [0.29, 0.717) is 11.3 Å². The van der Waals surface area contributed by atoms with Crippen molar-refractivity contribution in [2.75, 3.05) is 5.75 Å². The molecule has 0 fully saturated rings. The maximum atomic E-state index is 6.19. The molecule has 2 atom stereocenters. The molecule has 0 spiro atoms. The van der Waals surface area contributed by atoms with Crippen molar-refractivity contribution in [3.05, 3.63) is 30.3 Å². The van der Waals surface area contributed by atoms with Crippen LogP contribution in [0.1, 0.15) is 26.7 Å². The summed E-state index contributed by atoms with van der Waals surface area (Å²) in [4.78, 5) is 1.35. The Morgan fingerprint density at radius 3 is 2.53 bits per heavy atom. The minimum Gasteiger partial charge on any atom is -0.126 e. The zero-order valence-corrected chi connectivity index (χ0v) is 11.0. The van der Waals surface area contributed by atoms with Crippen LogP contribution in [0.15, 0.2) is 35.2 Å². The van der Waals surface area contributed by atoms with E-state index in [1.54, 1.807) is 0 Å². The number of alkyl halides is 1. The molecule has 2 heteroatoms. The molecule has 0 amide bonds. The van der Waals surface area contributed by atoms with Gasteiger partial charge in [0, 0.05) is 10.3 Å². The molecule has 15 heavy (non-hydrogen) atoms. The summed E-state index contributed by atoms with van der Waals surface area (Å²) in [5, 5.41) is 0.335. The third kappa shape index (κ3) is 4.94. The molecule has 0 bridgehead atoms. The highest BCUT2D eigenvalue weighted by atomic mass is 35.5. The van der Waals surface area contributed by atoms with E-state index in [4.69, 9.17) is 11.6 Å². The fraction of sp³-hybridized carbons (Fsp3) is 0.538. The van der Waals surface area contributed by atoms with Gasteiger partial charge in [0.2, 0.25) is 0 Å². The zero-order valence-electron chi connectivity index (χ0n) is 9.45. The summed E-state index contributed by atoms with van der Waals surface area (Å²) in [5.41, 5.74) is 0. The van der Waals surface area contributed by atoms with Crippen LogP contribution in [0.5, 0.6) is 0 Å². The molecule has 0 aromatic heterocycles. The van der Waals surface area contributed by atoms with Gasteiger partial charge in [0.1, 0.15) is 0 Å².